The largest absolute Gasteiger partial charge is 0.353 e. The summed E-state index contributed by atoms with van der Waals surface area (Å²) in [5.41, 5.74) is 1.04. The van der Waals surface area contributed by atoms with E-state index in [2.05, 4.69) is 36.4 Å². The Balaban J connectivity index is 1.57. The number of amides is 1. The van der Waals surface area contributed by atoms with Crippen molar-refractivity contribution >= 4 is 17.7 Å². The third-order valence-corrected chi connectivity index (χ3v) is 4.48. The van der Waals surface area contributed by atoms with Gasteiger partial charge in [-0.2, -0.15) is 0 Å². The molecule has 3 rings (SSSR count). The summed E-state index contributed by atoms with van der Waals surface area (Å²) in [6.45, 7) is 0.490. The molecule has 130 valence electrons. The third kappa shape index (κ3) is 4.59. The molecule has 0 aliphatic carbocycles. The van der Waals surface area contributed by atoms with Crippen LogP contribution in [0.15, 0.2) is 41.8 Å². The first-order valence-corrected chi connectivity index (χ1v) is 8.62. The molecule has 1 atom stereocenters. The maximum atomic E-state index is 12.6. The Morgan fingerprint density at radius 2 is 2.08 bits per heavy atom. The zero-order valence-corrected chi connectivity index (χ0v) is 14.4. The van der Waals surface area contributed by atoms with Crippen LogP contribution in [0.4, 0.5) is 0 Å². The van der Waals surface area contributed by atoms with E-state index in [0.29, 0.717) is 23.9 Å². The minimum atomic E-state index is -0.501. The van der Waals surface area contributed by atoms with Gasteiger partial charge in [0, 0.05) is 25.8 Å². The van der Waals surface area contributed by atoms with E-state index in [9.17, 15) is 4.79 Å². The molecule has 0 aliphatic heterocycles. The van der Waals surface area contributed by atoms with Gasteiger partial charge in [0.2, 0.25) is 11.1 Å². The van der Waals surface area contributed by atoms with Crippen LogP contribution >= 0.6 is 11.8 Å². The lowest BCUT2D eigenvalue weighted by atomic mass is 10.1. The SMILES string of the molecule is Cn1nnnc1SCCNC(=O)C(Cc1ccccc1)n1cnnn1. The van der Waals surface area contributed by atoms with Crippen molar-refractivity contribution in [2.45, 2.75) is 17.6 Å². The third-order valence-electron chi connectivity index (χ3n) is 3.47. The van der Waals surface area contributed by atoms with Gasteiger partial charge >= 0.3 is 0 Å². The van der Waals surface area contributed by atoms with Crippen LogP contribution in [0, 0.1) is 0 Å². The number of aromatic nitrogens is 8. The average molecular weight is 359 g/mol. The molecule has 0 spiro atoms. The molecule has 1 amide bonds. The minimum Gasteiger partial charge on any atom is -0.353 e. The standard InChI is InChI=1S/C14H17N9OS/c1-22-14(17-19-20-22)25-8-7-15-13(24)12(23-10-16-18-21-23)9-11-5-3-2-4-6-11/h2-6,10,12H,7-9H2,1H3,(H,15,24). The molecule has 0 bridgehead atoms. The van der Waals surface area contributed by atoms with E-state index in [0.717, 1.165) is 5.56 Å². The molecule has 2 aromatic heterocycles. The Bertz CT molecular complexity index is 790. The highest BCUT2D eigenvalue weighted by Crippen LogP contribution is 2.14. The summed E-state index contributed by atoms with van der Waals surface area (Å²) in [5.74, 6) is 0.529. The second kappa shape index (κ2) is 8.33. The van der Waals surface area contributed by atoms with Gasteiger partial charge in [0.25, 0.3) is 0 Å². The second-order valence-corrected chi connectivity index (χ2v) is 6.28. The van der Waals surface area contributed by atoms with Crippen LogP contribution in [0.1, 0.15) is 11.6 Å². The van der Waals surface area contributed by atoms with Crippen LogP contribution in [-0.4, -0.2) is 58.6 Å². The fraction of sp³-hybridized carbons (Fsp3) is 0.357. The van der Waals surface area contributed by atoms with Crippen molar-refractivity contribution in [2.75, 3.05) is 12.3 Å². The summed E-state index contributed by atoms with van der Waals surface area (Å²) < 4.78 is 3.06. The lowest BCUT2D eigenvalue weighted by Gasteiger charge is -2.16. The number of hydrogen-bond donors (Lipinski definition) is 1. The van der Waals surface area contributed by atoms with Crippen LogP contribution in [0.25, 0.3) is 0 Å². The molecule has 0 aliphatic rings. The molecule has 3 aromatic rings. The van der Waals surface area contributed by atoms with Crippen molar-refractivity contribution in [1.29, 1.82) is 0 Å². The van der Waals surface area contributed by atoms with Gasteiger partial charge in [0.1, 0.15) is 12.4 Å². The van der Waals surface area contributed by atoms with E-state index in [1.165, 1.54) is 22.8 Å². The van der Waals surface area contributed by atoms with Crippen molar-refractivity contribution in [2.24, 2.45) is 7.05 Å². The summed E-state index contributed by atoms with van der Waals surface area (Å²) >= 11 is 1.47. The van der Waals surface area contributed by atoms with Crippen molar-refractivity contribution in [3.05, 3.63) is 42.2 Å². The number of rotatable bonds is 8. The number of benzene rings is 1. The van der Waals surface area contributed by atoms with Crippen LogP contribution in [0.3, 0.4) is 0 Å². The highest BCUT2D eigenvalue weighted by molar-refractivity contribution is 7.99. The van der Waals surface area contributed by atoms with Gasteiger partial charge < -0.3 is 5.32 Å². The fourth-order valence-corrected chi connectivity index (χ4v) is 2.94. The molecular formula is C14H17N9OS. The maximum absolute atomic E-state index is 12.6. The van der Waals surface area contributed by atoms with E-state index in [1.807, 2.05) is 30.3 Å². The van der Waals surface area contributed by atoms with Crippen LogP contribution < -0.4 is 5.32 Å². The maximum Gasteiger partial charge on any atom is 0.245 e. The van der Waals surface area contributed by atoms with Crippen LogP contribution in [-0.2, 0) is 18.3 Å². The predicted molar refractivity (Wildman–Crippen MR) is 89.5 cm³/mol. The molecule has 0 saturated heterocycles. The molecular weight excluding hydrogens is 342 g/mol. The lowest BCUT2D eigenvalue weighted by molar-refractivity contribution is -0.124. The summed E-state index contributed by atoms with van der Waals surface area (Å²) in [5, 5.41) is 26.0. The molecule has 25 heavy (non-hydrogen) atoms. The van der Waals surface area contributed by atoms with Gasteiger partial charge in [-0.05, 0) is 26.4 Å². The van der Waals surface area contributed by atoms with Crippen molar-refractivity contribution in [1.82, 2.24) is 45.7 Å². The summed E-state index contributed by atoms with van der Waals surface area (Å²) in [6.07, 6.45) is 1.96. The van der Waals surface area contributed by atoms with Gasteiger partial charge in [0.15, 0.2) is 0 Å². The van der Waals surface area contributed by atoms with Crippen molar-refractivity contribution in [3.8, 4) is 0 Å². The molecule has 0 fully saturated rings. The van der Waals surface area contributed by atoms with Crippen LogP contribution in [0.5, 0.6) is 0 Å². The summed E-state index contributed by atoms with van der Waals surface area (Å²) in [4.78, 5) is 12.6. The summed E-state index contributed by atoms with van der Waals surface area (Å²) in [7, 11) is 1.77. The van der Waals surface area contributed by atoms with Gasteiger partial charge in [-0.1, -0.05) is 42.1 Å². The normalized spacial score (nSPS) is 12.0. The van der Waals surface area contributed by atoms with Crippen LogP contribution in [0.2, 0.25) is 0 Å². The first kappa shape index (κ1) is 17.0. The predicted octanol–water partition coefficient (Wildman–Crippen LogP) is -0.111. The number of nitrogens with zero attached hydrogens (tertiary/aromatic N) is 8. The van der Waals surface area contributed by atoms with E-state index in [-0.39, 0.29) is 5.91 Å². The minimum absolute atomic E-state index is 0.132. The lowest BCUT2D eigenvalue weighted by Crippen LogP contribution is -2.35. The Morgan fingerprint density at radius 1 is 1.24 bits per heavy atom. The Labute approximate surface area is 148 Å². The first-order chi connectivity index (χ1) is 12.2. The highest BCUT2D eigenvalue weighted by atomic mass is 32.2. The smallest absolute Gasteiger partial charge is 0.245 e. The van der Waals surface area contributed by atoms with Gasteiger partial charge in [0.05, 0.1) is 0 Å². The quantitative estimate of drug-likeness (QED) is 0.437. The number of tetrazole rings is 2. The number of thioether (sulfide) groups is 1. The topological polar surface area (TPSA) is 116 Å². The van der Waals surface area contributed by atoms with E-state index < -0.39 is 6.04 Å². The molecule has 1 unspecified atom stereocenters. The van der Waals surface area contributed by atoms with E-state index >= 15 is 0 Å². The highest BCUT2D eigenvalue weighted by Gasteiger charge is 2.22. The molecule has 1 N–H and O–H groups in total. The molecule has 2 heterocycles. The van der Waals surface area contributed by atoms with Crippen molar-refractivity contribution < 1.29 is 4.79 Å². The Hall–Kier alpha value is -2.82. The molecule has 10 nitrogen and oxygen atoms in total. The first-order valence-electron chi connectivity index (χ1n) is 7.63. The van der Waals surface area contributed by atoms with Crippen molar-refractivity contribution in [3.63, 3.8) is 0 Å². The monoisotopic (exact) mass is 359 g/mol. The van der Waals surface area contributed by atoms with Gasteiger partial charge in [-0.25, -0.2) is 9.36 Å². The Kier molecular flexibility index (Phi) is 5.67. The number of carbonyl (C=O) groups is 1. The van der Waals surface area contributed by atoms with E-state index in [1.54, 1.807) is 11.7 Å². The average Bonchev–Trinajstić information content (AvgIpc) is 3.29. The van der Waals surface area contributed by atoms with Gasteiger partial charge in [-0.3, -0.25) is 4.79 Å². The number of carbonyl (C=O) groups excluding carboxylic acids is 1. The molecule has 0 radical (unpaired) electrons. The molecule has 11 heteroatoms. The Morgan fingerprint density at radius 3 is 2.76 bits per heavy atom. The van der Waals surface area contributed by atoms with E-state index in [4.69, 9.17) is 0 Å². The van der Waals surface area contributed by atoms with Gasteiger partial charge in [-0.15, -0.1) is 10.2 Å². The fourth-order valence-electron chi connectivity index (χ4n) is 2.23. The number of hydrogen-bond acceptors (Lipinski definition) is 8. The molecule has 1 aromatic carbocycles. The zero-order valence-electron chi connectivity index (χ0n) is 13.6. The molecule has 0 saturated carbocycles. The summed E-state index contributed by atoms with van der Waals surface area (Å²) in [6, 6.07) is 9.27. The number of aryl methyl sites for hydroxylation is 1. The second-order valence-electron chi connectivity index (χ2n) is 5.22. The zero-order chi connectivity index (χ0) is 17.5. The number of nitrogens with one attached hydrogen (secondary N) is 1.